The maximum Gasteiger partial charge on any atom is 0.103 e. The van der Waals surface area contributed by atoms with Crippen molar-refractivity contribution in [1.29, 1.82) is 5.26 Å². The molecule has 1 N–H and O–H groups in total. The number of anilines is 1. The number of pyridine rings is 1. The summed E-state index contributed by atoms with van der Waals surface area (Å²) >= 11 is 0. The quantitative estimate of drug-likeness (QED) is 0.923. The van der Waals surface area contributed by atoms with Gasteiger partial charge in [-0.05, 0) is 39.7 Å². The number of hydrogen-bond donors (Lipinski definition) is 1. The predicted octanol–water partition coefficient (Wildman–Crippen LogP) is 3.46. The van der Waals surface area contributed by atoms with E-state index in [-0.39, 0.29) is 5.54 Å². The Bertz CT molecular complexity index is 731. The molecule has 2 heterocycles. The van der Waals surface area contributed by atoms with E-state index in [1.807, 2.05) is 18.2 Å². The second kappa shape index (κ2) is 6.17. The van der Waals surface area contributed by atoms with Gasteiger partial charge < -0.3 is 10.2 Å². The number of piperidine rings is 1. The smallest absolute Gasteiger partial charge is 0.103 e. The Kier molecular flexibility index (Phi) is 4.23. The zero-order valence-corrected chi connectivity index (χ0v) is 14.1. The number of para-hydroxylation sites is 1. The fourth-order valence-corrected chi connectivity index (χ4v) is 3.41. The topological polar surface area (TPSA) is 52.0 Å². The van der Waals surface area contributed by atoms with Crippen molar-refractivity contribution >= 4 is 16.6 Å². The molecule has 1 aliphatic heterocycles. The highest BCUT2D eigenvalue weighted by molar-refractivity contribution is 5.94. The summed E-state index contributed by atoms with van der Waals surface area (Å²) in [4.78, 5) is 6.76. The van der Waals surface area contributed by atoms with Crippen molar-refractivity contribution in [2.45, 2.75) is 45.2 Å². The van der Waals surface area contributed by atoms with Crippen molar-refractivity contribution in [2.75, 3.05) is 18.0 Å². The van der Waals surface area contributed by atoms with Crippen molar-refractivity contribution in [3.8, 4) is 6.07 Å². The normalized spacial score (nSPS) is 16.5. The molecule has 1 aromatic heterocycles. The van der Waals surface area contributed by atoms with Crippen LogP contribution >= 0.6 is 0 Å². The molecule has 1 fully saturated rings. The minimum Gasteiger partial charge on any atom is -0.370 e. The molecule has 0 atom stereocenters. The molecule has 0 unspecified atom stereocenters. The second-order valence-corrected chi connectivity index (χ2v) is 7.31. The van der Waals surface area contributed by atoms with E-state index in [9.17, 15) is 5.26 Å². The summed E-state index contributed by atoms with van der Waals surface area (Å²) in [6.45, 7) is 8.57. The molecule has 23 heavy (non-hydrogen) atoms. The van der Waals surface area contributed by atoms with E-state index >= 15 is 0 Å². The third-order valence-electron chi connectivity index (χ3n) is 4.32. The molecule has 0 radical (unpaired) electrons. The van der Waals surface area contributed by atoms with Crippen LogP contribution in [-0.4, -0.2) is 29.7 Å². The molecule has 3 rings (SSSR count). The zero-order chi connectivity index (χ0) is 16.4. The number of nitriles is 1. The highest BCUT2D eigenvalue weighted by Gasteiger charge is 2.25. The lowest BCUT2D eigenvalue weighted by molar-refractivity contribution is 0.317. The highest BCUT2D eigenvalue weighted by atomic mass is 15.2. The number of fused-ring (bicyclic) bond motifs is 1. The van der Waals surface area contributed by atoms with Crippen LogP contribution in [0.3, 0.4) is 0 Å². The van der Waals surface area contributed by atoms with E-state index in [1.54, 1.807) is 6.20 Å². The average molecular weight is 308 g/mol. The van der Waals surface area contributed by atoms with Gasteiger partial charge in [-0.3, -0.25) is 4.98 Å². The fraction of sp³-hybridized carbons (Fsp3) is 0.474. The van der Waals surface area contributed by atoms with Crippen molar-refractivity contribution in [3.63, 3.8) is 0 Å². The lowest BCUT2D eigenvalue weighted by Crippen LogP contribution is -2.49. The molecule has 1 aromatic carbocycles. The van der Waals surface area contributed by atoms with Crippen LogP contribution in [0.2, 0.25) is 0 Å². The minimum absolute atomic E-state index is 0.147. The summed E-state index contributed by atoms with van der Waals surface area (Å²) in [6, 6.07) is 10.9. The van der Waals surface area contributed by atoms with Crippen LogP contribution in [0.1, 0.15) is 39.2 Å². The Hall–Kier alpha value is -2.12. The van der Waals surface area contributed by atoms with Crippen molar-refractivity contribution in [2.24, 2.45) is 0 Å². The lowest BCUT2D eigenvalue weighted by atomic mass is 9.98. The summed E-state index contributed by atoms with van der Waals surface area (Å²) in [6.07, 6.45) is 3.90. The average Bonchev–Trinajstić information content (AvgIpc) is 2.53. The van der Waals surface area contributed by atoms with Crippen LogP contribution in [-0.2, 0) is 0 Å². The molecule has 2 aromatic rings. The van der Waals surface area contributed by atoms with Gasteiger partial charge in [0.25, 0.3) is 0 Å². The molecule has 0 saturated carbocycles. The molecular weight excluding hydrogens is 284 g/mol. The van der Waals surface area contributed by atoms with E-state index in [4.69, 9.17) is 0 Å². The van der Waals surface area contributed by atoms with Crippen LogP contribution in [0.5, 0.6) is 0 Å². The van der Waals surface area contributed by atoms with Gasteiger partial charge in [-0.2, -0.15) is 5.26 Å². The maximum absolute atomic E-state index is 9.48. The highest BCUT2D eigenvalue weighted by Crippen LogP contribution is 2.31. The summed E-state index contributed by atoms with van der Waals surface area (Å²) in [5.41, 5.74) is 2.82. The molecule has 1 saturated heterocycles. The van der Waals surface area contributed by atoms with E-state index < -0.39 is 0 Å². The van der Waals surface area contributed by atoms with Gasteiger partial charge in [-0.25, -0.2) is 0 Å². The summed E-state index contributed by atoms with van der Waals surface area (Å²) in [7, 11) is 0. The zero-order valence-electron chi connectivity index (χ0n) is 14.1. The number of hydrogen-bond acceptors (Lipinski definition) is 4. The summed E-state index contributed by atoms with van der Waals surface area (Å²) < 4.78 is 0. The third-order valence-corrected chi connectivity index (χ3v) is 4.32. The SMILES string of the molecule is CC(C)(C)NC1CCN(c2c(C#N)cnc3ccccc23)CC1. The van der Waals surface area contributed by atoms with Crippen LogP contribution in [0.15, 0.2) is 30.5 Å². The Morgan fingerprint density at radius 1 is 1.22 bits per heavy atom. The number of aromatic nitrogens is 1. The van der Waals surface area contributed by atoms with Gasteiger partial charge in [0.15, 0.2) is 0 Å². The van der Waals surface area contributed by atoms with Crippen molar-refractivity contribution in [3.05, 3.63) is 36.0 Å². The van der Waals surface area contributed by atoms with E-state index in [0.717, 1.165) is 42.5 Å². The third kappa shape index (κ3) is 3.46. The minimum atomic E-state index is 0.147. The van der Waals surface area contributed by atoms with E-state index in [2.05, 4.69) is 48.1 Å². The standard InChI is InChI=1S/C19H24N4/c1-19(2,3)22-15-8-10-23(11-9-15)18-14(12-20)13-21-17-7-5-4-6-16(17)18/h4-7,13,15,22H,8-11H2,1-3H3. The Labute approximate surface area is 138 Å². The molecule has 0 aliphatic carbocycles. The Morgan fingerprint density at radius 2 is 1.91 bits per heavy atom. The van der Waals surface area contributed by atoms with E-state index in [0.29, 0.717) is 11.6 Å². The molecule has 0 bridgehead atoms. The molecule has 0 amide bonds. The van der Waals surface area contributed by atoms with E-state index in [1.165, 1.54) is 0 Å². The van der Waals surface area contributed by atoms with Crippen molar-refractivity contribution < 1.29 is 0 Å². The molecule has 4 nitrogen and oxygen atoms in total. The number of nitrogens with zero attached hydrogens (tertiary/aromatic N) is 3. The van der Waals surface area contributed by atoms with Gasteiger partial charge in [-0.15, -0.1) is 0 Å². The van der Waals surface area contributed by atoms with Crippen LogP contribution < -0.4 is 10.2 Å². The van der Waals surface area contributed by atoms with Crippen molar-refractivity contribution in [1.82, 2.24) is 10.3 Å². The summed E-state index contributed by atoms with van der Waals surface area (Å²) in [5, 5.41) is 14.3. The molecule has 120 valence electrons. The van der Waals surface area contributed by atoms with Crippen LogP contribution in [0, 0.1) is 11.3 Å². The van der Waals surface area contributed by atoms with Gasteiger partial charge in [0, 0.05) is 36.3 Å². The monoisotopic (exact) mass is 308 g/mol. The number of rotatable bonds is 2. The maximum atomic E-state index is 9.48. The molecule has 4 heteroatoms. The van der Waals surface area contributed by atoms with Gasteiger partial charge in [0.2, 0.25) is 0 Å². The Balaban J connectivity index is 1.86. The Morgan fingerprint density at radius 3 is 2.57 bits per heavy atom. The molecule has 1 aliphatic rings. The first-order chi connectivity index (χ1) is 11.0. The fourth-order valence-electron chi connectivity index (χ4n) is 3.41. The first-order valence-electron chi connectivity index (χ1n) is 8.28. The first-order valence-corrected chi connectivity index (χ1v) is 8.28. The molecule has 0 spiro atoms. The number of benzene rings is 1. The summed E-state index contributed by atoms with van der Waals surface area (Å²) in [5.74, 6) is 0. The lowest BCUT2D eigenvalue weighted by Gasteiger charge is -2.38. The largest absolute Gasteiger partial charge is 0.370 e. The molecular formula is C19H24N4. The van der Waals surface area contributed by atoms with Gasteiger partial charge in [-0.1, -0.05) is 18.2 Å². The van der Waals surface area contributed by atoms with Crippen LogP contribution in [0.25, 0.3) is 10.9 Å². The van der Waals surface area contributed by atoms with Gasteiger partial charge >= 0.3 is 0 Å². The van der Waals surface area contributed by atoms with Crippen LogP contribution in [0.4, 0.5) is 5.69 Å². The van der Waals surface area contributed by atoms with Gasteiger partial charge in [0.05, 0.1) is 16.8 Å². The second-order valence-electron chi connectivity index (χ2n) is 7.31. The first kappa shape index (κ1) is 15.8. The predicted molar refractivity (Wildman–Crippen MR) is 94.6 cm³/mol. The van der Waals surface area contributed by atoms with Gasteiger partial charge in [0.1, 0.15) is 6.07 Å². The number of nitrogens with one attached hydrogen (secondary N) is 1.